The van der Waals surface area contributed by atoms with Crippen molar-refractivity contribution in [3.63, 3.8) is 0 Å². The average molecular weight is 239 g/mol. The minimum atomic E-state index is -4.63. The molecule has 0 radical (unpaired) electrons. The third-order valence-electron chi connectivity index (χ3n) is 1.75. The number of ether oxygens (including phenoxy) is 1. The smallest absolute Gasteiger partial charge is 0.417 e. The van der Waals surface area contributed by atoms with Gasteiger partial charge in [0, 0.05) is 0 Å². The highest BCUT2D eigenvalue weighted by atomic mass is 35.5. The molecule has 0 aliphatic rings. The van der Waals surface area contributed by atoms with E-state index < -0.39 is 22.5 Å². The molecular weight excluding hydrogens is 233 g/mol. The predicted octanol–water partition coefficient (Wildman–Crippen LogP) is 3.09. The molecule has 0 saturated heterocycles. The maximum Gasteiger partial charge on any atom is 0.417 e. The molecule has 0 heterocycles. The van der Waals surface area contributed by atoms with Gasteiger partial charge in [-0.15, -0.1) is 0 Å². The molecule has 0 spiro atoms. The van der Waals surface area contributed by atoms with E-state index in [0.717, 1.165) is 12.1 Å². The van der Waals surface area contributed by atoms with Crippen molar-refractivity contribution in [3.05, 3.63) is 29.3 Å². The Labute approximate surface area is 88.6 Å². The fourth-order valence-electron chi connectivity index (χ4n) is 1.14. The van der Waals surface area contributed by atoms with Crippen molar-refractivity contribution >= 4 is 16.8 Å². The summed E-state index contributed by atoms with van der Waals surface area (Å²) >= 11 is 5.08. The van der Waals surface area contributed by atoms with E-state index in [1.165, 1.54) is 13.2 Å². The lowest BCUT2D eigenvalue weighted by atomic mass is 10.1. The third kappa shape index (κ3) is 2.41. The van der Waals surface area contributed by atoms with Gasteiger partial charge in [0.2, 0.25) is 0 Å². The number of alkyl halides is 3. The van der Waals surface area contributed by atoms with Gasteiger partial charge in [0.1, 0.15) is 5.75 Å². The largest absolute Gasteiger partial charge is 0.496 e. The molecule has 1 rings (SSSR count). The maximum absolute atomic E-state index is 12.5. The lowest BCUT2D eigenvalue weighted by Crippen LogP contribution is -2.12. The van der Waals surface area contributed by atoms with Crippen LogP contribution in [0, 0.1) is 0 Å². The summed E-state index contributed by atoms with van der Waals surface area (Å²) in [6, 6.07) is 3.16. The number of hydrogen-bond donors (Lipinski definition) is 0. The second-order valence-electron chi connectivity index (χ2n) is 2.65. The summed E-state index contributed by atoms with van der Waals surface area (Å²) in [6.07, 6.45) is -4.63. The van der Waals surface area contributed by atoms with Crippen LogP contribution in [0.15, 0.2) is 18.2 Å². The summed E-state index contributed by atoms with van der Waals surface area (Å²) in [7, 11) is 1.17. The van der Waals surface area contributed by atoms with Crippen molar-refractivity contribution in [2.24, 2.45) is 0 Å². The number of carbonyl (C=O) groups is 1. The van der Waals surface area contributed by atoms with Crippen molar-refractivity contribution in [3.8, 4) is 5.75 Å². The molecular formula is C9H6ClF3O2. The fourth-order valence-corrected chi connectivity index (χ4v) is 1.34. The monoisotopic (exact) mass is 238 g/mol. The fraction of sp³-hybridized carbons (Fsp3) is 0.222. The Morgan fingerprint density at radius 2 is 2.00 bits per heavy atom. The molecule has 0 saturated carbocycles. The van der Waals surface area contributed by atoms with E-state index in [0.29, 0.717) is 0 Å². The summed E-state index contributed by atoms with van der Waals surface area (Å²) < 4.78 is 42.0. The summed E-state index contributed by atoms with van der Waals surface area (Å²) in [5.41, 5.74) is -1.75. The van der Waals surface area contributed by atoms with Gasteiger partial charge in [0.05, 0.1) is 18.2 Å². The normalized spacial score (nSPS) is 11.3. The summed E-state index contributed by atoms with van der Waals surface area (Å²) in [5.74, 6) is -0.190. The molecule has 0 amide bonds. The maximum atomic E-state index is 12.5. The lowest BCUT2D eigenvalue weighted by Gasteiger charge is -2.12. The molecule has 15 heavy (non-hydrogen) atoms. The molecule has 0 bridgehead atoms. The van der Waals surface area contributed by atoms with Gasteiger partial charge in [0.15, 0.2) is 0 Å². The number of halogens is 4. The Balaban J connectivity index is 3.46. The highest BCUT2D eigenvalue weighted by Crippen LogP contribution is 2.36. The van der Waals surface area contributed by atoms with E-state index in [2.05, 4.69) is 4.74 Å². The third-order valence-corrected chi connectivity index (χ3v) is 1.94. The van der Waals surface area contributed by atoms with Crippen molar-refractivity contribution in [2.45, 2.75) is 6.18 Å². The minimum absolute atomic E-state index is 0.190. The molecule has 0 aliphatic carbocycles. The van der Waals surface area contributed by atoms with Crippen LogP contribution in [-0.2, 0) is 6.18 Å². The van der Waals surface area contributed by atoms with Crippen LogP contribution in [-0.4, -0.2) is 12.4 Å². The Hall–Kier alpha value is -1.23. The molecule has 2 nitrogen and oxygen atoms in total. The van der Waals surface area contributed by atoms with Gasteiger partial charge in [-0.2, -0.15) is 13.2 Å². The zero-order valence-electron chi connectivity index (χ0n) is 7.56. The van der Waals surface area contributed by atoms with Crippen LogP contribution in [0.25, 0.3) is 0 Å². The Kier molecular flexibility index (Phi) is 3.24. The van der Waals surface area contributed by atoms with Crippen LogP contribution >= 0.6 is 11.6 Å². The number of rotatable bonds is 2. The van der Waals surface area contributed by atoms with Crippen LogP contribution in [0.2, 0.25) is 0 Å². The summed E-state index contributed by atoms with van der Waals surface area (Å²) in [5, 5.41) is -1.19. The second kappa shape index (κ2) is 4.10. The van der Waals surface area contributed by atoms with E-state index in [-0.39, 0.29) is 5.75 Å². The first kappa shape index (κ1) is 11.8. The van der Waals surface area contributed by atoms with E-state index >= 15 is 0 Å². The Morgan fingerprint density at radius 3 is 2.40 bits per heavy atom. The van der Waals surface area contributed by atoms with E-state index in [4.69, 9.17) is 11.6 Å². The Bertz CT molecular complexity index is 387. The number of methoxy groups -OCH3 is 1. The van der Waals surface area contributed by atoms with Crippen LogP contribution < -0.4 is 4.74 Å². The molecule has 0 fully saturated rings. The molecule has 1 aromatic carbocycles. The minimum Gasteiger partial charge on any atom is -0.496 e. The highest BCUT2D eigenvalue weighted by molar-refractivity contribution is 6.68. The van der Waals surface area contributed by atoms with Gasteiger partial charge in [-0.3, -0.25) is 4.79 Å². The zero-order chi connectivity index (χ0) is 11.6. The molecule has 0 atom stereocenters. The summed E-state index contributed by atoms with van der Waals surface area (Å²) in [6.45, 7) is 0. The van der Waals surface area contributed by atoms with Crippen molar-refractivity contribution < 1.29 is 22.7 Å². The van der Waals surface area contributed by atoms with Crippen LogP contribution in [0.5, 0.6) is 5.75 Å². The molecule has 82 valence electrons. The van der Waals surface area contributed by atoms with Gasteiger partial charge in [0.25, 0.3) is 5.24 Å². The first-order valence-electron chi connectivity index (χ1n) is 3.82. The SMILES string of the molecule is COc1cccc(C(F)(F)F)c1C(=O)Cl. The van der Waals surface area contributed by atoms with E-state index in [1.807, 2.05) is 0 Å². The molecule has 0 N–H and O–H groups in total. The number of hydrogen-bond acceptors (Lipinski definition) is 2. The van der Waals surface area contributed by atoms with Crippen molar-refractivity contribution in [2.75, 3.05) is 7.11 Å². The number of carbonyl (C=O) groups excluding carboxylic acids is 1. The molecule has 0 unspecified atom stereocenters. The number of benzene rings is 1. The highest BCUT2D eigenvalue weighted by Gasteiger charge is 2.36. The van der Waals surface area contributed by atoms with Gasteiger partial charge in [-0.25, -0.2) is 0 Å². The van der Waals surface area contributed by atoms with Crippen LogP contribution in [0.3, 0.4) is 0 Å². The zero-order valence-corrected chi connectivity index (χ0v) is 8.32. The average Bonchev–Trinajstić information content (AvgIpc) is 2.15. The van der Waals surface area contributed by atoms with E-state index in [1.54, 1.807) is 0 Å². The van der Waals surface area contributed by atoms with Crippen LogP contribution in [0.4, 0.5) is 13.2 Å². The Morgan fingerprint density at radius 1 is 1.40 bits per heavy atom. The summed E-state index contributed by atoms with van der Waals surface area (Å²) in [4.78, 5) is 10.9. The molecule has 0 aromatic heterocycles. The van der Waals surface area contributed by atoms with Crippen molar-refractivity contribution in [1.82, 2.24) is 0 Å². The topological polar surface area (TPSA) is 26.3 Å². The lowest BCUT2D eigenvalue weighted by molar-refractivity contribution is -0.138. The first-order valence-corrected chi connectivity index (χ1v) is 4.19. The van der Waals surface area contributed by atoms with E-state index in [9.17, 15) is 18.0 Å². The van der Waals surface area contributed by atoms with Gasteiger partial charge < -0.3 is 4.74 Å². The predicted molar refractivity (Wildman–Crippen MR) is 48.2 cm³/mol. The first-order chi connectivity index (χ1) is 6.88. The van der Waals surface area contributed by atoms with Gasteiger partial charge in [-0.1, -0.05) is 6.07 Å². The van der Waals surface area contributed by atoms with Gasteiger partial charge in [-0.05, 0) is 23.7 Å². The standard InChI is InChI=1S/C9H6ClF3O2/c1-15-6-4-2-3-5(9(11,12)13)7(6)8(10)14/h2-4H,1H3. The molecule has 6 heteroatoms. The van der Waals surface area contributed by atoms with Crippen LogP contribution in [0.1, 0.15) is 15.9 Å². The van der Waals surface area contributed by atoms with Gasteiger partial charge >= 0.3 is 6.18 Å². The quantitative estimate of drug-likeness (QED) is 0.740. The molecule has 1 aromatic rings. The second-order valence-corrected chi connectivity index (χ2v) is 3.00. The van der Waals surface area contributed by atoms with Crippen molar-refractivity contribution in [1.29, 1.82) is 0 Å². The molecule has 0 aliphatic heterocycles.